The predicted molar refractivity (Wildman–Crippen MR) is 72.0 cm³/mol. The molecule has 8 heteroatoms. The van der Waals surface area contributed by atoms with Crippen molar-refractivity contribution < 1.29 is 13.6 Å². The highest BCUT2D eigenvalue weighted by Crippen LogP contribution is 2.41. The van der Waals surface area contributed by atoms with Crippen LogP contribution in [0.2, 0.25) is 0 Å². The molecule has 0 aliphatic rings. The van der Waals surface area contributed by atoms with Crippen molar-refractivity contribution in [3.8, 4) is 0 Å². The molecule has 0 saturated heterocycles. The summed E-state index contributed by atoms with van der Waals surface area (Å²) in [6.45, 7) is 3.50. The molecule has 0 heterocycles. The standard InChI is InChI=1S/C6H10Br4O3P/c1-5(9,3-7)12-14(11)13-6(2,10)4-8/h3-4H2,1-2H3/q+1. The van der Waals surface area contributed by atoms with Gasteiger partial charge in [-0.25, -0.2) is 0 Å². The largest absolute Gasteiger partial charge is 0.700 e. The third kappa shape index (κ3) is 7.25. The summed E-state index contributed by atoms with van der Waals surface area (Å²) in [6.07, 6.45) is 0. The van der Waals surface area contributed by atoms with E-state index in [1.165, 1.54) is 0 Å². The molecule has 0 aromatic rings. The lowest BCUT2D eigenvalue weighted by Crippen LogP contribution is -2.23. The van der Waals surface area contributed by atoms with Gasteiger partial charge >= 0.3 is 8.25 Å². The van der Waals surface area contributed by atoms with E-state index in [-0.39, 0.29) is 0 Å². The zero-order valence-electron chi connectivity index (χ0n) is 7.60. The topological polar surface area (TPSA) is 35.5 Å². The van der Waals surface area contributed by atoms with E-state index < -0.39 is 17.3 Å². The summed E-state index contributed by atoms with van der Waals surface area (Å²) in [5.74, 6) is 0. The molecule has 0 radical (unpaired) electrons. The van der Waals surface area contributed by atoms with Crippen molar-refractivity contribution in [1.82, 2.24) is 0 Å². The minimum Gasteiger partial charge on any atom is -0.100 e. The number of rotatable bonds is 6. The van der Waals surface area contributed by atoms with Gasteiger partial charge in [0.05, 0.1) is 0 Å². The number of alkyl halides is 4. The summed E-state index contributed by atoms with van der Waals surface area (Å²) in [5.41, 5.74) is 0. The third-order valence-corrected chi connectivity index (χ3v) is 7.14. The minimum atomic E-state index is -2.17. The second kappa shape index (κ2) is 6.62. The van der Waals surface area contributed by atoms with E-state index in [0.29, 0.717) is 10.7 Å². The van der Waals surface area contributed by atoms with Crippen LogP contribution in [0, 0.1) is 0 Å². The Kier molecular flexibility index (Phi) is 7.54. The van der Waals surface area contributed by atoms with Gasteiger partial charge in [0, 0.05) is 15.2 Å². The fourth-order valence-electron chi connectivity index (χ4n) is 0.378. The Balaban J connectivity index is 4.12. The van der Waals surface area contributed by atoms with Gasteiger partial charge in [0.15, 0.2) is 9.02 Å². The lowest BCUT2D eigenvalue weighted by molar-refractivity contribution is 0.141. The summed E-state index contributed by atoms with van der Waals surface area (Å²) < 4.78 is 20.3. The van der Waals surface area contributed by atoms with Crippen LogP contribution in [0.1, 0.15) is 13.8 Å². The Morgan fingerprint density at radius 3 is 1.57 bits per heavy atom. The molecular weight excluding hydrogens is 471 g/mol. The van der Waals surface area contributed by atoms with E-state index >= 15 is 0 Å². The summed E-state index contributed by atoms with van der Waals surface area (Å²) in [7, 11) is -2.17. The maximum atomic E-state index is 11.4. The molecule has 14 heavy (non-hydrogen) atoms. The van der Waals surface area contributed by atoms with Crippen LogP contribution in [-0.4, -0.2) is 19.7 Å². The first kappa shape index (κ1) is 15.9. The van der Waals surface area contributed by atoms with Gasteiger partial charge in [-0.2, -0.15) is 0 Å². The van der Waals surface area contributed by atoms with Crippen molar-refractivity contribution in [3.63, 3.8) is 0 Å². The molecule has 84 valence electrons. The van der Waals surface area contributed by atoms with E-state index in [1.807, 2.05) is 0 Å². The van der Waals surface area contributed by atoms with Crippen molar-refractivity contribution in [2.75, 3.05) is 10.7 Å². The van der Waals surface area contributed by atoms with Crippen LogP contribution in [-0.2, 0) is 13.6 Å². The zero-order valence-corrected chi connectivity index (χ0v) is 14.8. The Labute approximate surface area is 118 Å². The second-order valence-electron chi connectivity index (χ2n) is 2.88. The maximum Gasteiger partial charge on any atom is 0.700 e. The molecule has 0 bridgehead atoms. The molecule has 0 aliphatic heterocycles. The van der Waals surface area contributed by atoms with Gasteiger partial charge in [0.2, 0.25) is 0 Å². The van der Waals surface area contributed by atoms with Crippen molar-refractivity contribution in [1.29, 1.82) is 0 Å². The number of halogens is 4. The lowest BCUT2D eigenvalue weighted by atomic mass is 10.5. The lowest BCUT2D eigenvalue weighted by Gasteiger charge is -2.14. The zero-order chi connectivity index (χ0) is 11.4. The first-order valence-electron chi connectivity index (χ1n) is 3.58. The van der Waals surface area contributed by atoms with Crippen molar-refractivity contribution >= 4 is 72.0 Å². The number of hydrogen-bond acceptors (Lipinski definition) is 3. The van der Waals surface area contributed by atoms with E-state index in [4.69, 9.17) is 9.05 Å². The molecule has 0 N–H and O–H groups in total. The second-order valence-corrected chi connectivity index (χ2v) is 8.17. The summed E-state index contributed by atoms with van der Waals surface area (Å²) in [4.78, 5) is 0. The van der Waals surface area contributed by atoms with Gasteiger partial charge in [-0.1, -0.05) is 31.9 Å². The molecule has 0 aliphatic carbocycles. The highest BCUT2D eigenvalue weighted by Gasteiger charge is 2.40. The highest BCUT2D eigenvalue weighted by molar-refractivity contribution is 9.12. The van der Waals surface area contributed by atoms with Crippen molar-refractivity contribution in [2.45, 2.75) is 22.9 Å². The van der Waals surface area contributed by atoms with Gasteiger partial charge in [0.25, 0.3) is 0 Å². The maximum absolute atomic E-state index is 11.4. The monoisotopic (exact) mass is 477 g/mol. The molecule has 0 spiro atoms. The van der Waals surface area contributed by atoms with Crippen LogP contribution in [0.4, 0.5) is 0 Å². The molecule has 0 amide bonds. The van der Waals surface area contributed by atoms with Crippen LogP contribution in [0.15, 0.2) is 0 Å². The van der Waals surface area contributed by atoms with Gasteiger partial charge < -0.3 is 0 Å². The Hall–Kier alpha value is 1.94. The van der Waals surface area contributed by atoms with Crippen molar-refractivity contribution in [3.05, 3.63) is 0 Å². The molecular formula is C6H10Br4O3P+. The van der Waals surface area contributed by atoms with E-state index in [2.05, 4.69) is 63.7 Å². The molecule has 0 aromatic carbocycles. The van der Waals surface area contributed by atoms with Gasteiger partial charge in [-0.3, -0.25) is 0 Å². The van der Waals surface area contributed by atoms with E-state index in [1.54, 1.807) is 13.8 Å². The predicted octanol–water partition coefficient (Wildman–Crippen LogP) is 4.69. The Bertz CT molecular complexity index is 189. The van der Waals surface area contributed by atoms with Crippen molar-refractivity contribution in [2.24, 2.45) is 0 Å². The minimum absolute atomic E-state index is 0.512. The molecule has 0 saturated carbocycles. The highest BCUT2D eigenvalue weighted by atomic mass is 79.9. The average molecular weight is 481 g/mol. The van der Waals surface area contributed by atoms with Gasteiger partial charge in [0.1, 0.15) is 0 Å². The Morgan fingerprint density at radius 1 is 1.07 bits per heavy atom. The van der Waals surface area contributed by atoms with Crippen LogP contribution < -0.4 is 0 Å². The average Bonchev–Trinajstić information content (AvgIpc) is 2.02. The molecule has 3 nitrogen and oxygen atoms in total. The Morgan fingerprint density at radius 2 is 1.36 bits per heavy atom. The SMILES string of the molecule is CC(Br)(CBr)O[P+](=O)OC(C)(Br)CBr. The van der Waals surface area contributed by atoms with Gasteiger partial charge in [-0.05, 0) is 45.7 Å². The molecule has 2 atom stereocenters. The fraction of sp³-hybridized carbons (Fsp3) is 1.00. The molecule has 0 aromatic heterocycles. The summed E-state index contributed by atoms with van der Waals surface area (Å²) >= 11 is 12.9. The molecule has 0 fully saturated rings. The number of hydrogen-bond donors (Lipinski definition) is 0. The van der Waals surface area contributed by atoms with Crippen LogP contribution in [0.5, 0.6) is 0 Å². The van der Waals surface area contributed by atoms with Crippen LogP contribution in [0.3, 0.4) is 0 Å². The molecule has 2 unspecified atom stereocenters. The summed E-state index contributed by atoms with van der Waals surface area (Å²) in [5, 5.41) is 1.02. The third-order valence-electron chi connectivity index (χ3n) is 1.01. The molecule has 0 rings (SSSR count). The van der Waals surface area contributed by atoms with E-state index in [9.17, 15) is 4.57 Å². The quantitative estimate of drug-likeness (QED) is 0.409. The summed E-state index contributed by atoms with van der Waals surface area (Å²) in [6, 6.07) is 0. The normalized spacial score (nSPS) is 21.1. The first-order valence-corrected chi connectivity index (χ1v) is 8.50. The smallest absolute Gasteiger partial charge is 0.100 e. The van der Waals surface area contributed by atoms with Crippen LogP contribution >= 0.6 is 72.0 Å². The van der Waals surface area contributed by atoms with Crippen LogP contribution in [0.25, 0.3) is 0 Å². The van der Waals surface area contributed by atoms with Gasteiger partial charge in [-0.15, -0.1) is 9.05 Å². The van der Waals surface area contributed by atoms with E-state index in [0.717, 1.165) is 0 Å². The fourth-order valence-corrected chi connectivity index (χ4v) is 2.46. The first-order chi connectivity index (χ1) is 6.22.